The summed E-state index contributed by atoms with van der Waals surface area (Å²) in [5.74, 6) is 0.911. The van der Waals surface area contributed by atoms with Crippen molar-refractivity contribution >= 4 is 28.5 Å². The molecule has 0 bridgehead atoms. The lowest BCUT2D eigenvalue weighted by molar-refractivity contribution is -0.119. The summed E-state index contributed by atoms with van der Waals surface area (Å²) < 4.78 is 7.18. The number of halogens is 1. The van der Waals surface area contributed by atoms with Crippen molar-refractivity contribution in [1.29, 1.82) is 0 Å². The summed E-state index contributed by atoms with van der Waals surface area (Å²) in [6.07, 6.45) is 0.373. The van der Waals surface area contributed by atoms with Crippen molar-refractivity contribution in [2.24, 2.45) is 0 Å². The van der Waals surface area contributed by atoms with Gasteiger partial charge in [-0.15, -0.1) is 0 Å². The van der Waals surface area contributed by atoms with Crippen LogP contribution in [0.3, 0.4) is 0 Å². The van der Waals surface area contributed by atoms with Crippen LogP contribution in [-0.2, 0) is 17.8 Å². The highest BCUT2D eigenvalue weighted by molar-refractivity contribution is 14.1. The summed E-state index contributed by atoms with van der Waals surface area (Å²) in [5.41, 5.74) is 5.71. The Morgan fingerprint density at radius 2 is 1.83 bits per heavy atom. The lowest BCUT2D eigenvalue weighted by Gasteiger charge is -2.15. The third-order valence-electron chi connectivity index (χ3n) is 4.01. The third-order valence-corrected chi connectivity index (χ3v) is 5.02. The highest BCUT2D eigenvalue weighted by Gasteiger charge is 2.12. The molecule has 1 N–H and O–H groups in total. The van der Waals surface area contributed by atoms with E-state index in [0.717, 1.165) is 26.0 Å². The van der Waals surface area contributed by atoms with E-state index in [0.29, 0.717) is 13.0 Å². The molecule has 2 aromatic rings. The van der Waals surface area contributed by atoms with Gasteiger partial charge in [0.25, 0.3) is 0 Å². The van der Waals surface area contributed by atoms with Crippen molar-refractivity contribution in [2.45, 2.75) is 33.8 Å². The average Bonchev–Trinajstić information content (AvgIpc) is 2.51. The van der Waals surface area contributed by atoms with Crippen LogP contribution in [0.5, 0.6) is 5.75 Å². The molecular weight excluding hydrogens is 401 g/mol. The van der Waals surface area contributed by atoms with Gasteiger partial charge in [0, 0.05) is 16.2 Å². The molecule has 0 aliphatic rings. The highest BCUT2D eigenvalue weighted by atomic mass is 127. The predicted molar refractivity (Wildman–Crippen MR) is 102 cm³/mol. The number of benzene rings is 2. The zero-order valence-corrected chi connectivity index (χ0v) is 16.2. The molecular formula is C19H22INO2. The molecule has 0 aromatic heterocycles. The van der Waals surface area contributed by atoms with Crippen LogP contribution in [-0.4, -0.2) is 13.0 Å². The molecule has 4 heteroatoms. The Hall–Kier alpha value is -1.56. The van der Waals surface area contributed by atoms with Crippen molar-refractivity contribution < 1.29 is 9.53 Å². The topological polar surface area (TPSA) is 38.3 Å². The van der Waals surface area contributed by atoms with E-state index in [1.165, 1.54) is 11.1 Å². The molecule has 0 heterocycles. The molecule has 0 atom stereocenters. The number of ether oxygens (including phenoxy) is 1. The Morgan fingerprint density at radius 3 is 2.52 bits per heavy atom. The quantitative estimate of drug-likeness (QED) is 0.737. The van der Waals surface area contributed by atoms with Gasteiger partial charge in [0.05, 0.1) is 6.42 Å². The van der Waals surface area contributed by atoms with Gasteiger partial charge in [0.15, 0.2) is 0 Å². The van der Waals surface area contributed by atoms with E-state index >= 15 is 0 Å². The average molecular weight is 423 g/mol. The molecule has 2 aromatic carbocycles. The van der Waals surface area contributed by atoms with E-state index in [1.807, 2.05) is 18.2 Å². The number of likely N-dealkylation sites (N-methyl/N-ethyl adjacent to an activating group) is 1. The first kappa shape index (κ1) is 17.8. The van der Waals surface area contributed by atoms with Gasteiger partial charge in [-0.1, -0.05) is 18.2 Å². The molecule has 0 spiro atoms. The minimum absolute atomic E-state index is 0.00982. The second-order valence-corrected chi connectivity index (χ2v) is 6.88. The molecule has 1 amide bonds. The van der Waals surface area contributed by atoms with Gasteiger partial charge < -0.3 is 10.1 Å². The van der Waals surface area contributed by atoms with Gasteiger partial charge in [0.1, 0.15) is 12.4 Å². The Morgan fingerprint density at radius 1 is 1.13 bits per heavy atom. The molecule has 0 aliphatic carbocycles. The number of hydrogen-bond acceptors (Lipinski definition) is 2. The van der Waals surface area contributed by atoms with Crippen LogP contribution in [0, 0.1) is 24.3 Å². The van der Waals surface area contributed by atoms with E-state index in [1.54, 1.807) is 7.05 Å². The van der Waals surface area contributed by atoms with Crippen molar-refractivity contribution in [2.75, 3.05) is 7.05 Å². The molecule has 0 aliphatic heterocycles. The Kier molecular flexibility index (Phi) is 6.04. The Labute approximate surface area is 151 Å². The van der Waals surface area contributed by atoms with Crippen molar-refractivity contribution in [1.82, 2.24) is 5.32 Å². The van der Waals surface area contributed by atoms with Crippen molar-refractivity contribution in [3.8, 4) is 5.75 Å². The Balaban J connectivity index is 2.23. The van der Waals surface area contributed by atoms with Gasteiger partial charge in [-0.2, -0.15) is 0 Å². The number of hydrogen-bond donors (Lipinski definition) is 1. The maximum Gasteiger partial charge on any atom is 0.224 e. The maximum absolute atomic E-state index is 11.7. The van der Waals surface area contributed by atoms with Crippen molar-refractivity contribution in [3.05, 3.63) is 61.7 Å². The second-order valence-electron chi connectivity index (χ2n) is 5.72. The van der Waals surface area contributed by atoms with Gasteiger partial charge in [-0.25, -0.2) is 0 Å². The van der Waals surface area contributed by atoms with E-state index in [9.17, 15) is 4.79 Å². The molecule has 0 fully saturated rings. The lowest BCUT2D eigenvalue weighted by atomic mass is 10.0. The zero-order valence-electron chi connectivity index (χ0n) is 14.0. The summed E-state index contributed by atoms with van der Waals surface area (Å²) in [5, 5.41) is 2.67. The van der Waals surface area contributed by atoms with Gasteiger partial charge in [-0.3, -0.25) is 4.79 Å². The second kappa shape index (κ2) is 7.81. The normalized spacial score (nSPS) is 10.5. The minimum atomic E-state index is 0.00982. The maximum atomic E-state index is 11.7. The molecule has 3 nitrogen and oxygen atoms in total. The van der Waals surface area contributed by atoms with Crippen LogP contribution in [0.15, 0.2) is 30.3 Å². The summed E-state index contributed by atoms with van der Waals surface area (Å²) >= 11 is 2.30. The summed E-state index contributed by atoms with van der Waals surface area (Å²) in [4.78, 5) is 11.7. The zero-order chi connectivity index (χ0) is 17.0. The lowest BCUT2D eigenvalue weighted by Crippen LogP contribution is -2.21. The summed E-state index contributed by atoms with van der Waals surface area (Å²) in [6, 6.07) is 10.2. The standard InChI is InChI=1S/C19H22INO2/c1-12-8-14(3)18(9-13(12)2)23-11-16-15(10-19(22)21-4)6-5-7-17(16)20/h5-9H,10-11H2,1-4H3,(H,21,22). The molecule has 0 saturated heterocycles. The number of aryl methyl sites for hydroxylation is 3. The SMILES string of the molecule is CNC(=O)Cc1cccc(I)c1COc1cc(C)c(C)cc1C. The fourth-order valence-electron chi connectivity index (χ4n) is 2.43. The first-order chi connectivity index (χ1) is 10.9. The molecule has 23 heavy (non-hydrogen) atoms. The number of rotatable bonds is 5. The third kappa shape index (κ3) is 4.47. The highest BCUT2D eigenvalue weighted by Crippen LogP contribution is 2.25. The van der Waals surface area contributed by atoms with Gasteiger partial charge in [-0.05, 0) is 77.7 Å². The van der Waals surface area contributed by atoms with Crippen LogP contribution in [0.2, 0.25) is 0 Å². The monoisotopic (exact) mass is 423 g/mol. The van der Waals surface area contributed by atoms with Crippen molar-refractivity contribution in [3.63, 3.8) is 0 Å². The fourth-order valence-corrected chi connectivity index (χ4v) is 3.14. The molecule has 0 radical (unpaired) electrons. The van der Waals surface area contributed by atoms with Crippen LogP contribution in [0.25, 0.3) is 0 Å². The van der Waals surface area contributed by atoms with E-state index in [4.69, 9.17) is 4.74 Å². The van der Waals surface area contributed by atoms with Gasteiger partial charge >= 0.3 is 0 Å². The molecule has 122 valence electrons. The largest absolute Gasteiger partial charge is 0.489 e. The van der Waals surface area contributed by atoms with Gasteiger partial charge in [0.2, 0.25) is 5.91 Å². The van der Waals surface area contributed by atoms with Crippen LogP contribution in [0.4, 0.5) is 0 Å². The predicted octanol–water partition coefficient (Wildman–Crippen LogP) is 4.08. The fraction of sp³-hybridized carbons (Fsp3) is 0.316. The minimum Gasteiger partial charge on any atom is -0.489 e. The van der Waals surface area contributed by atoms with E-state index in [2.05, 4.69) is 60.8 Å². The molecule has 0 unspecified atom stereocenters. The smallest absolute Gasteiger partial charge is 0.224 e. The summed E-state index contributed by atoms with van der Waals surface area (Å²) in [6.45, 7) is 6.72. The number of amides is 1. The van der Waals surface area contributed by atoms with E-state index < -0.39 is 0 Å². The van der Waals surface area contributed by atoms with E-state index in [-0.39, 0.29) is 5.91 Å². The first-order valence-electron chi connectivity index (χ1n) is 7.60. The van der Waals surface area contributed by atoms with Crippen LogP contribution >= 0.6 is 22.6 Å². The van der Waals surface area contributed by atoms with Crippen LogP contribution in [0.1, 0.15) is 27.8 Å². The number of carbonyl (C=O) groups is 1. The number of carbonyl (C=O) groups excluding carboxylic acids is 1. The summed E-state index contributed by atoms with van der Waals surface area (Å²) in [7, 11) is 1.66. The number of nitrogens with one attached hydrogen (secondary N) is 1. The molecule has 2 rings (SSSR count). The Bertz CT molecular complexity index is 726. The first-order valence-corrected chi connectivity index (χ1v) is 8.67. The molecule has 0 saturated carbocycles. The van der Waals surface area contributed by atoms with Crippen LogP contribution < -0.4 is 10.1 Å².